The molecular formula is C32H33BrN4O6. The molecule has 3 amide bonds. The second kappa shape index (κ2) is 14.0. The quantitative estimate of drug-likeness (QED) is 0.178. The molecule has 0 spiro atoms. The number of carbonyl (C=O) groups excluding carboxylic acids is 3. The number of carbonyl (C=O) groups is 3. The largest absolute Gasteiger partial charge is 0.496 e. The highest BCUT2D eigenvalue weighted by Crippen LogP contribution is 2.40. The van der Waals surface area contributed by atoms with Gasteiger partial charge in [0.1, 0.15) is 17.2 Å². The van der Waals surface area contributed by atoms with E-state index in [4.69, 9.17) is 14.2 Å². The van der Waals surface area contributed by atoms with Gasteiger partial charge < -0.3 is 30.2 Å². The average Bonchev–Trinajstić information content (AvgIpc) is 3.00. The van der Waals surface area contributed by atoms with Crippen LogP contribution in [0.1, 0.15) is 46.9 Å². The van der Waals surface area contributed by atoms with Gasteiger partial charge in [-0.3, -0.25) is 14.6 Å². The lowest BCUT2D eigenvalue weighted by molar-refractivity contribution is -0.124. The van der Waals surface area contributed by atoms with E-state index in [-0.39, 0.29) is 24.1 Å². The smallest absolute Gasteiger partial charge is 0.409 e. The van der Waals surface area contributed by atoms with E-state index in [1.807, 2.05) is 31.2 Å². The van der Waals surface area contributed by atoms with Crippen molar-refractivity contribution in [1.29, 1.82) is 0 Å². The van der Waals surface area contributed by atoms with E-state index in [1.165, 1.54) is 0 Å². The molecule has 0 aliphatic rings. The van der Waals surface area contributed by atoms with Crippen LogP contribution in [0, 0.1) is 6.92 Å². The lowest BCUT2D eigenvalue weighted by Gasteiger charge is -2.21. The van der Waals surface area contributed by atoms with Crippen LogP contribution in [0.2, 0.25) is 0 Å². The first-order valence-electron chi connectivity index (χ1n) is 13.5. The summed E-state index contributed by atoms with van der Waals surface area (Å²) in [4.78, 5) is 42.1. The van der Waals surface area contributed by atoms with Crippen molar-refractivity contribution in [3.05, 3.63) is 93.7 Å². The van der Waals surface area contributed by atoms with Crippen molar-refractivity contribution < 1.29 is 28.6 Å². The summed E-state index contributed by atoms with van der Waals surface area (Å²) in [6, 6.07) is 18.0. The highest BCUT2D eigenvalue weighted by Gasteiger charge is 2.22. The number of aromatic nitrogens is 1. The van der Waals surface area contributed by atoms with Gasteiger partial charge in [0, 0.05) is 32.6 Å². The zero-order chi connectivity index (χ0) is 31.1. The van der Waals surface area contributed by atoms with Gasteiger partial charge in [-0.05, 0) is 66.5 Å². The minimum atomic E-state index is -0.899. The molecule has 1 heterocycles. The molecule has 4 aromatic rings. The number of rotatable bonds is 10. The zero-order valence-electron chi connectivity index (χ0n) is 24.5. The molecule has 3 aromatic carbocycles. The Morgan fingerprint density at radius 3 is 2.23 bits per heavy atom. The third-order valence-electron chi connectivity index (χ3n) is 6.96. The molecule has 0 saturated heterocycles. The number of methoxy groups -OCH3 is 2. The number of pyridine rings is 1. The van der Waals surface area contributed by atoms with Gasteiger partial charge >= 0.3 is 6.09 Å². The molecule has 0 bridgehead atoms. The summed E-state index contributed by atoms with van der Waals surface area (Å²) in [5.41, 5.74) is 3.11. The number of hydrogen-bond acceptors (Lipinski definition) is 7. The maximum Gasteiger partial charge on any atom is 0.409 e. The minimum Gasteiger partial charge on any atom is -0.496 e. The molecule has 0 aliphatic heterocycles. The number of hydrogen-bond donors (Lipinski definition) is 3. The van der Waals surface area contributed by atoms with Crippen molar-refractivity contribution >= 4 is 50.3 Å². The maximum absolute atomic E-state index is 13.0. The van der Waals surface area contributed by atoms with Crippen LogP contribution in [0.4, 0.5) is 10.5 Å². The van der Waals surface area contributed by atoms with E-state index in [0.717, 1.165) is 21.9 Å². The van der Waals surface area contributed by atoms with Crippen molar-refractivity contribution in [3.63, 3.8) is 0 Å². The molecule has 10 nitrogen and oxygen atoms in total. The average molecular weight is 650 g/mol. The van der Waals surface area contributed by atoms with E-state index in [0.29, 0.717) is 27.2 Å². The number of amides is 3. The molecule has 43 heavy (non-hydrogen) atoms. The number of ether oxygens (including phenoxy) is 3. The molecule has 0 radical (unpaired) electrons. The third kappa shape index (κ3) is 7.23. The monoisotopic (exact) mass is 648 g/mol. The fourth-order valence-corrected chi connectivity index (χ4v) is 5.21. The SMILES string of the molecule is COc1c(C)c(CNC(=O)OC(C)NC(=O)C(C)c2ccc(NC(=O)c3ccccn3)c(Br)c2)c(OC)c2ccccc12. The predicted molar refractivity (Wildman–Crippen MR) is 167 cm³/mol. The van der Waals surface area contributed by atoms with Crippen LogP contribution in [0.25, 0.3) is 10.8 Å². The third-order valence-corrected chi connectivity index (χ3v) is 7.62. The molecule has 2 atom stereocenters. The van der Waals surface area contributed by atoms with Gasteiger partial charge in [0.2, 0.25) is 5.91 Å². The Labute approximate surface area is 258 Å². The normalized spacial score (nSPS) is 12.1. The molecule has 11 heteroatoms. The predicted octanol–water partition coefficient (Wildman–Crippen LogP) is 6.07. The van der Waals surface area contributed by atoms with Crippen LogP contribution >= 0.6 is 15.9 Å². The van der Waals surface area contributed by atoms with Gasteiger partial charge in [-0.15, -0.1) is 0 Å². The van der Waals surface area contributed by atoms with Crippen molar-refractivity contribution in [2.75, 3.05) is 19.5 Å². The summed E-state index contributed by atoms with van der Waals surface area (Å²) >= 11 is 3.46. The Balaban J connectivity index is 1.34. The number of halogens is 1. The van der Waals surface area contributed by atoms with Crippen LogP contribution in [0.15, 0.2) is 71.3 Å². The van der Waals surface area contributed by atoms with Crippen LogP contribution in [-0.2, 0) is 16.1 Å². The summed E-state index contributed by atoms with van der Waals surface area (Å²) in [7, 11) is 3.19. The second-order valence-electron chi connectivity index (χ2n) is 9.76. The summed E-state index contributed by atoms with van der Waals surface area (Å²) < 4.78 is 17.4. The molecule has 3 N–H and O–H groups in total. The number of fused-ring (bicyclic) bond motifs is 1. The van der Waals surface area contributed by atoms with Crippen LogP contribution < -0.4 is 25.4 Å². The molecule has 1 aromatic heterocycles. The Bertz CT molecular complexity index is 1650. The van der Waals surface area contributed by atoms with Gasteiger partial charge in [0.05, 0.1) is 32.4 Å². The number of benzene rings is 3. The Hall–Kier alpha value is -4.64. The summed E-state index contributed by atoms with van der Waals surface area (Å²) in [6.45, 7) is 5.34. The van der Waals surface area contributed by atoms with E-state index in [9.17, 15) is 14.4 Å². The van der Waals surface area contributed by atoms with Crippen molar-refractivity contribution in [2.45, 2.75) is 39.5 Å². The van der Waals surface area contributed by atoms with Gasteiger partial charge in [-0.1, -0.05) is 36.4 Å². The van der Waals surface area contributed by atoms with Gasteiger partial charge in [0.15, 0.2) is 6.23 Å². The zero-order valence-corrected chi connectivity index (χ0v) is 26.1. The molecular weight excluding hydrogens is 616 g/mol. The Morgan fingerprint density at radius 1 is 0.930 bits per heavy atom. The number of nitrogens with zero attached hydrogens (tertiary/aromatic N) is 1. The number of anilines is 1. The summed E-state index contributed by atoms with van der Waals surface area (Å²) in [5, 5.41) is 10.0. The molecule has 0 aliphatic carbocycles. The van der Waals surface area contributed by atoms with Crippen LogP contribution in [0.3, 0.4) is 0 Å². The number of nitrogens with one attached hydrogen (secondary N) is 3. The highest BCUT2D eigenvalue weighted by molar-refractivity contribution is 9.10. The van der Waals surface area contributed by atoms with Crippen LogP contribution in [-0.4, -0.2) is 43.3 Å². The van der Waals surface area contributed by atoms with E-state index in [2.05, 4.69) is 36.9 Å². The summed E-state index contributed by atoms with van der Waals surface area (Å²) in [5.74, 6) is 0.0823. The van der Waals surface area contributed by atoms with E-state index < -0.39 is 18.2 Å². The van der Waals surface area contributed by atoms with Crippen molar-refractivity contribution in [2.24, 2.45) is 0 Å². The first-order chi connectivity index (χ1) is 20.6. The number of alkyl carbamates (subject to hydrolysis) is 1. The molecule has 2 unspecified atom stereocenters. The Kier molecular flexibility index (Phi) is 10.2. The maximum atomic E-state index is 13.0. The van der Waals surface area contributed by atoms with Crippen molar-refractivity contribution in [1.82, 2.24) is 15.6 Å². The fourth-order valence-electron chi connectivity index (χ4n) is 4.71. The molecule has 224 valence electrons. The van der Waals surface area contributed by atoms with E-state index >= 15 is 0 Å². The van der Waals surface area contributed by atoms with Gasteiger partial charge in [-0.25, -0.2) is 4.79 Å². The second-order valence-corrected chi connectivity index (χ2v) is 10.6. The lowest BCUT2D eigenvalue weighted by Crippen LogP contribution is -2.40. The molecule has 0 fully saturated rings. The lowest BCUT2D eigenvalue weighted by atomic mass is 9.98. The van der Waals surface area contributed by atoms with E-state index in [1.54, 1.807) is 70.7 Å². The van der Waals surface area contributed by atoms with Crippen LogP contribution in [0.5, 0.6) is 11.5 Å². The first-order valence-corrected chi connectivity index (χ1v) is 14.3. The molecule has 4 rings (SSSR count). The topological polar surface area (TPSA) is 128 Å². The highest BCUT2D eigenvalue weighted by atomic mass is 79.9. The summed E-state index contributed by atoms with van der Waals surface area (Å²) in [6.07, 6.45) is -0.0588. The van der Waals surface area contributed by atoms with Gasteiger partial charge in [-0.2, -0.15) is 0 Å². The van der Waals surface area contributed by atoms with Gasteiger partial charge in [0.25, 0.3) is 5.91 Å². The minimum absolute atomic E-state index is 0.128. The fraction of sp³-hybridized carbons (Fsp3) is 0.250. The first kappa shape index (κ1) is 31.3. The molecule has 0 saturated carbocycles. The Morgan fingerprint density at radius 2 is 1.60 bits per heavy atom. The standard InChI is InChI=1S/C32H33BrN4O6/c1-18(21-13-14-26(25(33)16-21)37-31(39)27-12-8-9-15-34-27)30(38)36-20(3)43-32(40)35-17-24-19(2)28(41-4)22-10-6-7-11-23(22)29(24)42-5/h6-16,18,20H,17H2,1-5H3,(H,35,40)(H,36,38)(H,37,39). The van der Waals surface area contributed by atoms with Crippen molar-refractivity contribution in [3.8, 4) is 11.5 Å².